The lowest BCUT2D eigenvalue weighted by atomic mass is 10.2. The molecule has 0 atom stereocenters. The van der Waals surface area contributed by atoms with Crippen LogP contribution in [-0.2, 0) is 4.79 Å². The maximum absolute atomic E-state index is 11.9. The molecule has 0 unspecified atom stereocenters. The van der Waals surface area contributed by atoms with E-state index in [0.717, 1.165) is 4.90 Å². The summed E-state index contributed by atoms with van der Waals surface area (Å²) in [5.74, 6) is -1.05. The number of carbonyl (C=O) groups excluding carboxylic acids is 1. The highest BCUT2D eigenvalue weighted by molar-refractivity contribution is 7.98. The molecule has 0 spiro atoms. The van der Waals surface area contributed by atoms with Crippen LogP contribution in [0, 0.1) is 0 Å². The summed E-state index contributed by atoms with van der Waals surface area (Å²) in [6.45, 7) is 0.221. The van der Waals surface area contributed by atoms with Gasteiger partial charge < -0.3 is 10.0 Å². The molecule has 0 saturated carbocycles. The van der Waals surface area contributed by atoms with Crippen molar-refractivity contribution in [3.63, 3.8) is 0 Å². The van der Waals surface area contributed by atoms with E-state index in [2.05, 4.69) is 0 Å². The molecule has 92 valence electrons. The summed E-state index contributed by atoms with van der Waals surface area (Å²) in [5.41, 5.74) is 0.579. The number of hydrogen-bond acceptors (Lipinski definition) is 3. The maximum atomic E-state index is 11.9. The van der Waals surface area contributed by atoms with Gasteiger partial charge in [-0.05, 0) is 30.5 Å². The Morgan fingerprint density at radius 2 is 1.88 bits per heavy atom. The summed E-state index contributed by atoms with van der Waals surface area (Å²) >= 11 is 1.61. The van der Waals surface area contributed by atoms with Crippen LogP contribution in [0.25, 0.3) is 0 Å². The second-order valence-electron chi connectivity index (χ2n) is 3.60. The summed E-state index contributed by atoms with van der Waals surface area (Å²) in [4.78, 5) is 24.8. The number of carboxylic acids is 1. The van der Waals surface area contributed by atoms with Crippen molar-refractivity contribution in [2.24, 2.45) is 0 Å². The van der Waals surface area contributed by atoms with Crippen molar-refractivity contribution in [1.29, 1.82) is 0 Å². The minimum Gasteiger partial charge on any atom is -0.481 e. The molecular weight excluding hydrogens is 238 g/mol. The topological polar surface area (TPSA) is 57.6 Å². The molecule has 4 nitrogen and oxygen atoms in total. The van der Waals surface area contributed by atoms with Crippen molar-refractivity contribution in [2.45, 2.75) is 11.3 Å². The van der Waals surface area contributed by atoms with E-state index in [9.17, 15) is 9.59 Å². The van der Waals surface area contributed by atoms with Gasteiger partial charge in [0, 0.05) is 24.1 Å². The van der Waals surface area contributed by atoms with Gasteiger partial charge in [-0.1, -0.05) is 0 Å². The standard InChI is InChI=1S/C12H15NO3S/c1-13(8-7-11(14)15)12(16)9-3-5-10(17-2)6-4-9/h3-6H,7-8H2,1-2H3,(H,14,15). The first-order valence-corrected chi connectivity index (χ1v) is 6.38. The molecule has 0 radical (unpaired) electrons. The van der Waals surface area contributed by atoms with Gasteiger partial charge in [0.25, 0.3) is 5.91 Å². The molecule has 1 rings (SSSR count). The molecule has 5 heteroatoms. The molecule has 0 aliphatic carbocycles. The van der Waals surface area contributed by atoms with Crippen molar-refractivity contribution in [3.05, 3.63) is 29.8 Å². The first kappa shape index (κ1) is 13.6. The van der Waals surface area contributed by atoms with Gasteiger partial charge in [0.1, 0.15) is 0 Å². The van der Waals surface area contributed by atoms with Gasteiger partial charge in [-0.2, -0.15) is 0 Å². The van der Waals surface area contributed by atoms with Crippen molar-refractivity contribution >= 4 is 23.6 Å². The van der Waals surface area contributed by atoms with E-state index in [1.807, 2.05) is 18.4 Å². The monoisotopic (exact) mass is 253 g/mol. The lowest BCUT2D eigenvalue weighted by Crippen LogP contribution is -2.28. The van der Waals surface area contributed by atoms with E-state index in [0.29, 0.717) is 5.56 Å². The van der Waals surface area contributed by atoms with Gasteiger partial charge in [0.2, 0.25) is 0 Å². The lowest BCUT2D eigenvalue weighted by molar-refractivity contribution is -0.137. The number of benzene rings is 1. The van der Waals surface area contributed by atoms with Gasteiger partial charge in [-0.25, -0.2) is 0 Å². The summed E-state index contributed by atoms with van der Waals surface area (Å²) in [5, 5.41) is 8.54. The number of thioether (sulfide) groups is 1. The number of aliphatic carboxylic acids is 1. The SMILES string of the molecule is CSc1ccc(C(=O)N(C)CCC(=O)O)cc1. The smallest absolute Gasteiger partial charge is 0.305 e. The van der Waals surface area contributed by atoms with Crippen molar-refractivity contribution < 1.29 is 14.7 Å². The minimum atomic E-state index is -0.901. The molecule has 0 aromatic heterocycles. The average molecular weight is 253 g/mol. The number of amides is 1. The molecular formula is C12H15NO3S. The van der Waals surface area contributed by atoms with Gasteiger partial charge in [-0.3, -0.25) is 9.59 Å². The predicted molar refractivity (Wildman–Crippen MR) is 67.4 cm³/mol. The Balaban J connectivity index is 2.64. The summed E-state index contributed by atoms with van der Waals surface area (Å²) in [6, 6.07) is 7.27. The number of carboxylic acid groups (broad SMARTS) is 1. The molecule has 0 fully saturated rings. The fraction of sp³-hybridized carbons (Fsp3) is 0.333. The van der Waals surface area contributed by atoms with Crippen LogP contribution in [0.3, 0.4) is 0 Å². The predicted octanol–water partition coefficient (Wildman–Crippen LogP) is 1.96. The Kier molecular flexibility index (Phi) is 5.03. The van der Waals surface area contributed by atoms with Gasteiger partial charge in [0.15, 0.2) is 0 Å². The Morgan fingerprint density at radius 1 is 1.29 bits per heavy atom. The Bertz CT molecular complexity index is 403. The van der Waals surface area contributed by atoms with Gasteiger partial charge in [0.05, 0.1) is 6.42 Å². The molecule has 0 saturated heterocycles. The highest BCUT2D eigenvalue weighted by Gasteiger charge is 2.12. The van der Waals surface area contributed by atoms with Crippen molar-refractivity contribution in [2.75, 3.05) is 19.8 Å². The summed E-state index contributed by atoms with van der Waals surface area (Å²) in [7, 11) is 1.60. The number of carbonyl (C=O) groups is 2. The fourth-order valence-corrected chi connectivity index (χ4v) is 1.73. The van der Waals surface area contributed by atoms with E-state index in [-0.39, 0.29) is 18.9 Å². The molecule has 0 aliphatic rings. The zero-order valence-electron chi connectivity index (χ0n) is 9.84. The van der Waals surface area contributed by atoms with E-state index in [1.165, 1.54) is 4.90 Å². The van der Waals surface area contributed by atoms with Crippen LogP contribution in [0.5, 0.6) is 0 Å². The van der Waals surface area contributed by atoms with Crippen LogP contribution >= 0.6 is 11.8 Å². The number of hydrogen-bond donors (Lipinski definition) is 1. The second-order valence-corrected chi connectivity index (χ2v) is 4.48. The van der Waals surface area contributed by atoms with Gasteiger partial charge >= 0.3 is 5.97 Å². The number of rotatable bonds is 5. The highest BCUT2D eigenvalue weighted by atomic mass is 32.2. The third-order valence-electron chi connectivity index (χ3n) is 2.34. The average Bonchev–Trinajstić information content (AvgIpc) is 2.35. The van der Waals surface area contributed by atoms with Crippen LogP contribution in [0.1, 0.15) is 16.8 Å². The molecule has 1 aromatic rings. The minimum absolute atomic E-state index is 0.0366. The maximum Gasteiger partial charge on any atom is 0.305 e. The summed E-state index contributed by atoms with van der Waals surface area (Å²) in [6.07, 6.45) is 1.93. The molecule has 1 aromatic carbocycles. The molecule has 1 amide bonds. The first-order valence-electron chi connectivity index (χ1n) is 5.16. The molecule has 0 aliphatic heterocycles. The molecule has 1 N–H and O–H groups in total. The molecule has 0 heterocycles. The van der Waals surface area contributed by atoms with Crippen LogP contribution < -0.4 is 0 Å². The second kappa shape index (κ2) is 6.30. The van der Waals surface area contributed by atoms with E-state index < -0.39 is 5.97 Å². The van der Waals surface area contributed by atoms with Crippen molar-refractivity contribution in [1.82, 2.24) is 4.90 Å². The van der Waals surface area contributed by atoms with Gasteiger partial charge in [-0.15, -0.1) is 11.8 Å². The van der Waals surface area contributed by atoms with Crippen LogP contribution in [0.4, 0.5) is 0 Å². The number of nitrogens with zero attached hydrogens (tertiary/aromatic N) is 1. The van der Waals surface area contributed by atoms with Crippen LogP contribution in [0.2, 0.25) is 0 Å². The molecule has 17 heavy (non-hydrogen) atoms. The third kappa shape index (κ3) is 4.11. The summed E-state index contributed by atoms with van der Waals surface area (Å²) < 4.78 is 0. The van der Waals surface area contributed by atoms with E-state index in [4.69, 9.17) is 5.11 Å². The van der Waals surface area contributed by atoms with Crippen molar-refractivity contribution in [3.8, 4) is 0 Å². The Hall–Kier alpha value is -1.49. The largest absolute Gasteiger partial charge is 0.481 e. The van der Waals surface area contributed by atoms with E-state index >= 15 is 0 Å². The zero-order chi connectivity index (χ0) is 12.8. The van der Waals surface area contributed by atoms with Crippen LogP contribution in [-0.4, -0.2) is 41.7 Å². The third-order valence-corrected chi connectivity index (χ3v) is 3.09. The van der Waals surface area contributed by atoms with E-state index in [1.54, 1.807) is 30.9 Å². The van der Waals surface area contributed by atoms with Crippen LogP contribution in [0.15, 0.2) is 29.2 Å². The Morgan fingerprint density at radius 3 is 2.35 bits per heavy atom. The first-order chi connectivity index (χ1) is 8.04. The molecule has 0 bridgehead atoms. The Labute approximate surface area is 105 Å². The quantitative estimate of drug-likeness (QED) is 0.815. The lowest BCUT2D eigenvalue weighted by Gasteiger charge is -2.16. The highest BCUT2D eigenvalue weighted by Crippen LogP contribution is 2.15. The normalized spacial score (nSPS) is 10.0. The zero-order valence-corrected chi connectivity index (χ0v) is 10.7. The fourth-order valence-electron chi connectivity index (χ4n) is 1.32.